The number of benzene rings is 1. The molecule has 1 aromatic heterocycles. The lowest BCUT2D eigenvalue weighted by atomic mass is 10.0. The van der Waals surface area contributed by atoms with Gasteiger partial charge in [-0.1, -0.05) is 6.07 Å². The molecule has 7 nitrogen and oxygen atoms in total. The molecule has 138 valence electrons. The average molecular weight is 377 g/mol. The fourth-order valence-corrected chi connectivity index (χ4v) is 3.62. The predicted molar refractivity (Wildman–Crippen MR) is 94.4 cm³/mol. The molecular weight excluding hydrogens is 358 g/mol. The van der Waals surface area contributed by atoms with E-state index in [4.69, 9.17) is 9.15 Å². The molecule has 8 heteroatoms. The van der Waals surface area contributed by atoms with Gasteiger partial charge in [0.1, 0.15) is 6.26 Å². The van der Waals surface area contributed by atoms with Gasteiger partial charge in [-0.2, -0.15) is 0 Å². The Hall–Kier alpha value is -2.61. The second-order valence-electron chi connectivity index (χ2n) is 6.17. The highest BCUT2D eigenvalue weighted by molar-refractivity contribution is 7.90. The Bertz CT molecular complexity index is 1010. The number of hydrogen-bond donors (Lipinski definition) is 0. The summed E-state index contributed by atoms with van der Waals surface area (Å²) in [5, 5.41) is 0. The third-order valence-electron chi connectivity index (χ3n) is 4.42. The highest BCUT2D eigenvalue weighted by Crippen LogP contribution is 2.21. The van der Waals surface area contributed by atoms with Crippen LogP contribution in [0.5, 0.6) is 5.75 Å². The van der Waals surface area contributed by atoms with E-state index in [1.165, 1.54) is 13.4 Å². The van der Waals surface area contributed by atoms with E-state index in [9.17, 15) is 18.0 Å². The van der Waals surface area contributed by atoms with E-state index in [0.717, 1.165) is 23.5 Å². The molecule has 1 aliphatic rings. The van der Waals surface area contributed by atoms with E-state index in [1.807, 2.05) is 0 Å². The zero-order valence-corrected chi connectivity index (χ0v) is 15.3. The van der Waals surface area contributed by atoms with Gasteiger partial charge in [0.25, 0.3) is 5.91 Å². The van der Waals surface area contributed by atoms with Crippen LogP contribution in [0.2, 0.25) is 0 Å². The van der Waals surface area contributed by atoms with E-state index in [2.05, 4.69) is 0 Å². The first-order valence-corrected chi connectivity index (χ1v) is 9.96. The first-order valence-electron chi connectivity index (χ1n) is 8.07. The Balaban J connectivity index is 1.81. The van der Waals surface area contributed by atoms with Crippen molar-refractivity contribution in [3.8, 4) is 5.75 Å². The van der Waals surface area contributed by atoms with Crippen LogP contribution in [0.25, 0.3) is 0 Å². The second kappa shape index (κ2) is 6.95. The summed E-state index contributed by atoms with van der Waals surface area (Å²) in [4.78, 5) is 26.3. The zero-order valence-electron chi connectivity index (χ0n) is 14.5. The molecule has 0 saturated carbocycles. The fraction of sp³-hybridized carbons (Fsp3) is 0.333. The van der Waals surface area contributed by atoms with Gasteiger partial charge >= 0.3 is 0 Å². The number of fused-ring (bicyclic) bond motifs is 1. The number of ether oxygens (including phenoxy) is 1. The molecule has 0 radical (unpaired) electrons. The molecular formula is C18H19NO6S. The van der Waals surface area contributed by atoms with Crippen molar-refractivity contribution in [2.75, 3.05) is 26.5 Å². The van der Waals surface area contributed by atoms with Gasteiger partial charge in [0, 0.05) is 25.4 Å². The smallest absolute Gasteiger partial charge is 0.289 e. The molecule has 3 rings (SSSR count). The van der Waals surface area contributed by atoms with Crippen LogP contribution in [0.15, 0.2) is 44.6 Å². The molecule has 0 unspecified atom stereocenters. The molecule has 2 heterocycles. The molecule has 1 aliphatic heterocycles. The van der Waals surface area contributed by atoms with E-state index in [0.29, 0.717) is 25.9 Å². The minimum atomic E-state index is -3.27. The predicted octanol–water partition coefficient (Wildman–Crippen LogP) is 1.29. The van der Waals surface area contributed by atoms with Gasteiger partial charge in [-0.05, 0) is 36.1 Å². The number of methoxy groups -OCH3 is 1. The van der Waals surface area contributed by atoms with E-state index < -0.39 is 15.3 Å². The summed E-state index contributed by atoms with van der Waals surface area (Å²) < 4.78 is 33.5. The summed E-state index contributed by atoms with van der Waals surface area (Å²) in [6.07, 6.45) is 3.43. The van der Waals surface area contributed by atoms with Gasteiger partial charge in [-0.25, -0.2) is 8.42 Å². The van der Waals surface area contributed by atoms with Gasteiger partial charge in [-0.15, -0.1) is 0 Å². The SMILES string of the molecule is COc1coc(C(=O)N2CCc3ccc(S(C)(=O)=O)cc3CC2)cc1=O. The van der Waals surface area contributed by atoms with Crippen LogP contribution >= 0.6 is 0 Å². The van der Waals surface area contributed by atoms with Crippen LogP contribution in [0.3, 0.4) is 0 Å². The topological polar surface area (TPSA) is 93.9 Å². The van der Waals surface area contributed by atoms with Crippen molar-refractivity contribution in [2.45, 2.75) is 17.7 Å². The number of nitrogens with zero attached hydrogens (tertiary/aromatic N) is 1. The van der Waals surface area contributed by atoms with Crippen LogP contribution in [0.4, 0.5) is 0 Å². The van der Waals surface area contributed by atoms with Gasteiger partial charge in [0.2, 0.25) is 11.2 Å². The molecule has 1 amide bonds. The van der Waals surface area contributed by atoms with Crippen LogP contribution in [-0.4, -0.2) is 45.7 Å². The third kappa shape index (κ3) is 3.65. The molecule has 26 heavy (non-hydrogen) atoms. The molecule has 2 aromatic rings. The van der Waals surface area contributed by atoms with Crippen molar-refractivity contribution < 1.29 is 22.4 Å². The lowest BCUT2D eigenvalue weighted by Crippen LogP contribution is -2.33. The molecule has 0 saturated heterocycles. The molecule has 0 bridgehead atoms. The summed E-state index contributed by atoms with van der Waals surface area (Å²) >= 11 is 0. The normalized spacial score (nSPS) is 14.5. The summed E-state index contributed by atoms with van der Waals surface area (Å²) in [5.74, 6) is -0.377. The lowest BCUT2D eigenvalue weighted by Gasteiger charge is -2.19. The largest absolute Gasteiger partial charge is 0.490 e. The van der Waals surface area contributed by atoms with Crippen LogP contribution in [0, 0.1) is 0 Å². The average Bonchev–Trinajstić information content (AvgIpc) is 2.82. The van der Waals surface area contributed by atoms with Gasteiger partial charge in [0.05, 0.1) is 12.0 Å². The Kier molecular flexibility index (Phi) is 4.86. The van der Waals surface area contributed by atoms with Gasteiger partial charge in [-0.3, -0.25) is 9.59 Å². The van der Waals surface area contributed by atoms with Crippen LogP contribution in [-0.2, 0) is 22.7 Å². The van der Waals surface area contributed by atoms with Gasteiger partial charge in [0.15, 0.2) is 15.6 Å². The van der Waals surface area contributed by atoms with Crippen molar-refractivity contribution in [3.05, 3.63) is 57.6 Å². The monoisotopic (exact) mass is 377 g/mol. The standard InChI is InChI=1S/C18H19NO6S/c1-24-17-11-25-16(10-15(17)20)18(21)19-7-5-12-3-4-14(26(2,22)23)9-13(12)6-8-19/h3-4,9-11H,5-8H2,1-2H3. The Labute approximate surface area is 151 Å². The maximum Gasteiger partial charge on any atom is 0.289 e. The number of carbonyl (C=O) groups excluding carboxylic acids is 1. The number of amides is 1. The second-order valence-corrected chi connectivity index (χ2v) is 8.19. The minimum Gasteiger partial charge on any atom is -0.490 e. The minimum absolute atomic E-state index is 0.0399. The molecule has 0 atom stereocenters. The quantitative estimate of drug-likeness (QED) is 0.800. The van der Waals surface area contributed by atoms with E-state index in [1.54, 1.807) is 23.1 Å². The first kappa shape index (κ1) is 18.2. The summed E-state index contributed by atoms with van der Waals surface area (Å²) in [5.41, 5.74) is 1.52. The lowest BCUT2D eigenvalue weighted by molar-refractivity contribution is 0.0727. The van der Waals surface area contributed by atoms with Crippen LogP contribution in [0.1, 0.15) is 21.7 Å². The number of carbonyl (C=O) groups is 1. The van der Waals surface area contributed by atoms with Crippen molar-refractivity contribution in [1.82, 2.24) is 4.90 Å². The Morgan fingerprint density at radius 3 is 2.46 bits per heavy atom. The third-order valence-corrected chi connectivity index (χ3v) is 5.53. The summed E-state index contributed by atoms with van der Waals surface area (Å²) in [6, 6.07) is 6.19. The van der Waals surface area contributed by atoms with E-state index >= 15 is 0 Å². The van der Waals surface area contributed by atoms with Crippen molar-refractivity contribution in [2.24, 2.45) is 0 Å². The van der Waals surface area contributed by atoms with Crippen LogP contribution < -0.4 is 10.2 Å². The van der Waals surface area contributed by atoms with Crippen molar-refractivity contribution in [1.29, 1.82) is 0 Å². The fourth-order valence-electron chi connectivity index (χ4n) is 2.95. The highest BCUT2D eigenvalue weighted by atomic mass is 32.2. The van der Waals surface area contributed by atoms with Crippen molar-refractivity contribution >= 4 is 15.7 Å². The molecule has 0 aliphatic carbocycles. The Morgan fingerprint density at radius 2 is 1.85 bits per heavy atom. The van der Waals surface area contributed by atoms with Crippen molar-refractivity contribution in [3.63, 3.8) is 0 Å². The summed E-state index contributed by atoms with van der Waals surface area (Å²) in [6.45, 7) is 0.870. The molecule has 0 fully saturated rings. The highest BCUT2D eigenvalue weighted by Gasteiger charge is 2.23. The molecule has 0 N–H and O–H groups in total. The Morgan fingerprint density at radius 1 is 1.15 bits per heavy atom. The molecule has 0 spiro atoms. The number of rotatable bonds is 3. The molecule has 1 aromatic carbocycles. The van der Waals surface area contributed by atoms with E-state index in [-0.39, 0.29) is 22.3 Å². The zero-order chi connectivity index (χ0) is 18.9. The maximum absolute atomic E-state index is 12.6. The number of sulfone groups is 1. The number of hydrogen-bond acceptors (Lipinski definition) is 6. The van der Waals surface area contributed by atoms with Gasteiger partial charge < -0.3 is 14.1 Å². The maximum atomic E-state index is 12.6. The first-order chi connectivity index (χ1) is 12.3. The summed E-state index contributed by atoms with van der Waals surface area (Å²) in [7, 11) is -1.92.